The number of halogens is 1. The zero-order valence-electron chi connectivity index (χ0n) is 12.9. The Morgan fingerprint density at radius 2 is 1.91 bits per heavy atom. The van der Waals surface area contributed by atoms with Crippen LogP contribution in [-0.2, 0) is 17.8 Å². The van der Waals surface area contributed by atoms with Crippen molar-refractivity contribution in [3.63, 3.8) is 0 Å². The molecular weight excluding hydrogens is 312 g/mol. The standard InChI is InChI=1S/C18H20N2O2.ClH/c19-9-4-10-20-18(21)22-12-14-6-3-8-16-15-7-2-1-5-13(15)11-17(14)16;/h1-3,5-8H,4,9-12,19H2,(H,20,21);1H. The van der Waals surface area contributed by atoms with Gasteiger partial charge < -0.3 is 15.8 Å². The van der Waals surface area contributed by atoms with Gasteiger partial charge in [-0.05, 0) is 47.2 Å². The van der Waals surface area contributed by atoms with E-state index in [1.54, 1.807) is 0 Å². The van der Waals surface area contributed by atoms with E-state index in [0.717, 1.165) is 18.4 Å². The number of carbonyl (C=O) groups excluding carboxylic acids is 1. The van der Waals surface area contributed by atoms with E-state index < -0.39 is 0 Å². The molecule has 5 heteroatoms. The molecule has 0 atom stereocenters. The van der Waals surface area contributed by atoms with Crippen LogP contribution in [0.5, 0.6) is 0 Å². The lowest BCUT2D eigenvalue weighted by molar-refractivity contribution is 0.139. The second-order valence-electron chi connectivity index (χ2n) is 5.42. The lowest BCUT2D eigenvalue weighted by Crippen LogP contribution is -2.26. The van der Waals surface area contributed by atoms with Crippen LogP contribution in [0.3, 0.4) is 0 Å². The van der Waals surface area contributed by atoms with Crippen molar-refractivity contribution in [2.24, 2.45) is 5.73 Å². The van der Waals surface area contributed by atoms with E-state index in [2.05, 4.69) is 35.6 Å². The molecule has 0 bridgehead atoms. The van der Waals surface area contributed by atoms with Crippen molar-refractivity contribution >= 4 is 18.5 Å². The number of rotatable bonds is 5. The molecule has 1 amide bonds. The molecule has 4 nitrogen and oxygen atoms in total. The number of ether oxygens (including phenoxy) is 1. The predicted octanol–water partition coefficient (Wildman–Crippen LogP) is 3.25. The average Bonchev–Trinajstić information content (AvgIpc) is 2.92. The number of amides is 1. The first-order valence-electron chi connectivity index (χ1n) is 7.59. The maximum absolute atomic E-state index is 11.6. The molecule has 3 rings (SSSR count). The number of nitrogens with one attached hydrogen (secondary N) is 1. The van der Waals surface area contributed by atoms with Crippen molar-refractivity contribution in [3.05, 3.63) is 59.2 Å². The zero-order valence-corrected chi connectivity index (χ0v) is 13.7. The van der Waals surface area contributed by atoms with Crippen LogP contribution in [0.15, 0.2) is 42.5 Å². The Morgan fingerprint density at radius 3 is 2.74 bits per heavy atom. The van der Waals surface area contributed by atoms with Crippen molar-refractivity contribution in [1.29, 1.82) is 0 Å². The highest BCUT2D eigenvalue weighted by molar-refractivity contribution is 5.85. The minimum Gasteiger partial charge on any atom is -0.445 e. The summed E-state index contributed by atoms with van der Waals surface area (Å²) >= 11 is 0. The number of nitrogens with two attached hydrogens (primary N) is 1. The number of benzene rings is 2. The first-order chi connectivity index (χ1) is 10.8. The van der Waals surface area contributed by atoms with Gasteiger partial charge in [0.25, 0.3) is 0 Å². The molecule has 0 heterocycles. The summed E-state index contributed by atoms with van der Waals surface area (Å²) in [6, 6.07) is 14.6. The molecular formula is C18H21ClN2O2. The van der Waals surface area contributed by atoms with E-state index in [1.807, 2.05) is 12.1 Å². The number of carbonyl (C=O) groups is 1. The van der Waals surface area contributed by atoms with E-state index >= 15 is 0 Å². The van der Waals surface area contributed by atoms with Crippen LogP contribution >= 0.6 is 12.4 Å². The van der Waals surface area contributed by atoms with Crippen LogP contribution in [0.25, 0.3) is 11.1 Å². The third-order valence-corrected chi connectivity index (χ3v) is 3.96. The predicted molar refractivity (Wildman–Crippen MR) is 93.8 cm³/mol. The van der Waals surface area contributed by atoms with E-state index in [1.165, 1.54) is 22.3 Å². The summed E-state index contributed by atoms with van der Waals surface area (Å²) in [4.78, 5) is 11.6. The Morgan fingerprint density at radius 1 is 1.13 bits per heavy atom. The van der Waals surface area contributed by atoms with Gasteiger partial charge in [0, 0.05) is 6.54 Å². The summed E-state index contributed by atoms with van der Waals surface area (Å²) in [6.07, 6.45) is 1.27. The second-order valence-corrected chi connectivity index (χ2v) is 5.42. The van der Waals surface area contributed by atoms with E-state index in [4.69, 9.17) is 10.5 Å². The first kappa shape index (κ1) is 17.3. The van der Waals surface area contributed by atoms with Crippen LogP contribution in [0.4, 0.5) is 4.79 Å². The molecule has 1 aliphatic carbocycles. The smallest absolute Gasteiger partial charge is 0.407 e. The van der Waals surface area contributed by atoms with Crippen LogP contribution in [0.1, 0.15) is 23.1 Å². The quantitative estimate of drug-likeness (QED) is 0.705. The highest BCUT2D eigenvalue weighted by Crippen LogP contribution is 2.38. The van der Waals surface area contributed by atoms with Gasteiger partial charge in [0.2, 0.25) is 0 Å². The van der Waals surface area contributed by atoms with Crippen molar-refractivity contribution in [2.75, 3.05) is 13.1 Å². The Kier molecular flexibility index (Phi) is 6.02. The summed E-state index contributed by atoms with van der Waals surface area (Å²) in [5.41, 5.74) is 11.6. The number of hydrogen-bond acceptors (Lipinski definition) is 3. The highest BCUT2D eigenvalue weighted by atomic mass is 35.5. The lowest BCUT2D eigenvalue weighted by Gasteiger charge is -2.10. The maximum Gasteiger partial charge on any atom is 0.407 e. The van der Waals surface area contributed by atoms with Gasteiger partial charge in [-0.15, -0.1) is 12.4 Å². The van der Waals surface area contributed by atoms with Crippen LogP contribution in [0.2, 0.25) is 0 Å². The summed E-state index contributed by atoms with van der Waals surface area (Å²) in [5, 5.41) is 2.70. The second kappa shape index (κ2) is 7.99. The van der Waals surface area contributed by atoms with Gasteiger partial charge in [0.1, 0.15) is 6.61 Å². The van der Waals surface area contributed by atoms with Crippen molar-refractivity contribution in [2.45, 2.75) is 19.4 Å². The van der Waals surface area contributed by atoms with Gasteiger partial charge in [-0.2, -0.15) is 0 Å². The van der Waals surface area contributed by atoms with Gasteiger partial charge in [0.05, 0.1) is 0 Å². The monoisotopic (exact) mass is 332 g/mol. The normalized spacial score (nSPS) is 11.2. The average molecular weight is 333 g/mol. The fourth-order valence-electron chi connectivity index (χ4n) is 2.85. The third kappa shape index (κ3) is 3.84. The van der Waals surface area contributed by atoms with E-state index in [-0.39, 0.29) is 18.5 Å². The topological polar surface area (TPSA) is 64.3 Å². The molecule has 122 valence electrons. The summed E-state index contributed by atoms with van der Waals surface area (Å²) in [7, 11) is 0. The number of alkyl carbamates (subject to hydrolysis) is 1. The van der Waals surface area contributed by atoms with Crippen molar-refractivity contribution < 1.29 is 9.53 Å². The van der Waals surface area contributed by atoms with Gasteiger partial charge >= 0.3 is 6.09 Å². The van der Waals surface area contributed by atoms with Gasteiger partial charge in [-0.25, -0.2) is 4.79 Å². The molecule has 2 aromatic rings. The molecule has 0 radical (unpaired) electrons. The minimum atomic E-state index is -0.387. The fraction of sp³-hybridized carbons (Fsp3) is 0.278. The molecule has 0 aromatic heterocycles. The molecule has 1 aliphatic rings. The van der Waals surface area contributed by atoms with Crippen molar-refractivity contribution in [3.8, 4) is 11.1 Å². The summed E-state index contributed by atoms with van der Waals surface area (Å²) in [5.74, 6) is 0. The van der Waals surface area contributed by atoms with Crippen LogP contribution in [-0.4, -0.2) is 19.2 Å². The van der Waals surface area contributed by atoms with E-state index in [9.17, 15) is 4.79 Å². The number of hydrogen-bond donors (Lipinski definition) is 2. The Hall–Kier alpha value is -2.04. The molecule has 0 aliphatic heterocycles. The molecule has 0 unspecified atom stereocenters. The SMILES string of the molecule is Cl.NCCCNC(=O)OCc1cccc2c1Cc1ccccc1-2. The zero-order chi connectivity index (χ0) is 15.4. The van der Waals surface area contributed by atoms with Gasteiger partial charge in [0.15, 0.2) is 0 Å². The summed E-state index contributed by atoms with van der Waals surface area (Å²) < 4.78 is 5.31. The minimum absolute atomic E-state index is 0. The molecule has 3 N–H and O–H groups in total. The molecule has 0 saturated heterocycles. The fourth-order valence-corrected chi connectivity index (χ4v) is 2.85. The van der Waals surface area contributed by atoms with Gasteiger partial charge in [-0.1, -0.05) is 42.5 Å². The molecule has 23 heavy (non-hydrogen) atoms. The first-order valence-corrected chi connectivity index (χ1v) is 7.59. The largest absolute Gasteiger partial charge is 0.445 e. The van der Waals surface area contributed by atoms with Gasteiger partial charge in [-0.3, -0.25) is 0 Å². The Bertz CT molecular complexity index is 688. The molecule has 0 saturated carbocycles. The van der Waals surface area contributed by atoms with Crippen LogP contribution < -0.4 is 11.1 Å². The highest BCUT2D eigenvalue weighted by Gasteiger charge is 2.20. The number of fused-ring (bicyclic) bond motifs is 3. The Balaban J connectivity index is 0.00000192. The molecule has 0 spiro atoms. The Labute approximate surface area is 142 Å². The molecule has 0 fully saturated rings. The maximum atomic E-state index is 11.6. The van der Waals surface area contributed by atoms with Crippen LogP contribution in [0, 0.1) is 0 Å². The summed E-state index contributed by atoms with van der Waals surface area (Å²) in [6.45, 7) is 1.41. The van der Waals surface area contributed by atoms with Crippen molar-refractivity contribution in [1.82, 2.24) is 5.32 Å². The third-order valence-electron chi connectivity index (χ3n) is 3.96. The van der Waals surface area contributed by atoms with E-state index in [0.29, 0.717) is 19.7 Å². The molecule has 2 aromatic carbocycles. The lowest BCUT2D eigenvalue weighted by atomic mass is 10.0.